The van der Waals surface area contributed by atoms with E-state index in [2.05, 4.69) is 17.5 Å². The molecule has 1 aromatic rings. The first-order chi connectivity index (χ1) is 6.79. The molecule has 1 aliphatic rings. The molecule has 1 aliphatic carbocycles. The smallest absolute Gasteiger partial charge is 0.0994 e. The molecular formula is C12H14N2. The SMILES string of the molecule is Cc1ccc(CNC2CC2)cc1C#N. The molecule has 1 aromatic carbocycles. The molecule has 1 N–H and O–H groups in total. The van der Waals surface area contributed by atoms with Gasteiger partial charge in [-0.1, -0.05) is 12.1 Å². The van der Waals surface area contributed by atoms with Crippen LogP contribution < -0.4 is 5.32 Å². The second-order valence-corrected chi connectivity index (χ2v) is 3.92. The van der Waals surface area contributed by atoms with Gasteiger partial charge in [-0.2, -0.15) is 5.26 Å². The molecule has 0 atom stereocenters. The number of nitriles is 1. The summed E-state index contributed by atoms with van der Waals surface area (Å²) >= 11 is 0. The minimum Gasteiger partial charge on any atom is -0.310 e. The van der Waals surface area contributed by atoms with Crippen molar-refractivity contribution in [2.45, 2.75) is 32.4 Å². The lowest BCUT2D eigenvalue weighted by Gasteiger charge is -2.04. The van der Waals surface area contributed by atoms with Crippen molar-refractivity contribution in [3.63, 3.8) is 0 Å². The second kappa shape index (κ2) is 3.81. The normalized spacial score (nSPS) is 15.1. The van der Waals surface area contributed by atoms with Crippen molar-refractivity contribution in [1.29, 1.82) is 5.26 Å². The van der Waals surface area contributed by atoms with Gasteiger partial charge in [0.1, 0.15) is 0 Å². The summed E-state index contributed by atoms with van der Waals surface area (Å²) in [6.07, 6.45) is 2.61. The zero-order valence-electron chi connectivity index (χ0n) is 8.38. The Balaban J connectivity index is 2.06. The van der Waals surface area contributed by atoms with Gasteiger partial charge >= 0.3 is 0 Å². The maximum atomic E-state index is 8.86. The number of nitrogens with zero attached hydrogens (tertiary/aromatic N) is 1. The van der Waals surface area contributed by atoms with Gasteiger partial charge in [-0.05, 0) is 37.0 Å². The van der Waals surface area contributed by atoms with Crippen molar-refractivity contribution in [1.82, 2.24) is 5.32 Å². The molecule has 1 saturated carbocycles. The van der Waals surface area contributed by atoms with Crippen LogP contribution in [0.5, 0.6) is 0 Å². The summed E-state index contributed by atoms with van der Waals surface area (Å²) in [6.45, 7) is 2.86. The molecule has 0 aromatic heterocycles. The summed E-state index contributed by atoms with van der Waals surface area (Å²) in [6, 6.07) is 9.02. The van der Waals surface area contributed by atoms with Crippen LogP contribution in [0.2, 0.25) is 0 Å². The maximum Gasteiger partial charge on any atom is 0.0994 e. The van der Waals surface area contributed by atoms with Crippen LogP contribution in [0.15, 0.2) is 18.2 Å². The molecule has 0 radical (unpaired) electrons. The fourth-order valence-electron chi connectivity index (χ4n) is 1.45. The third kappa shape index (κ3) is 2.12. The number of rotatable bonds is 3. The zero-order valence-corrected chi connectivity index (χ0v) is 8.38. The van der Waals surface area contributed by atoms with Crippen LogP contribution in [0, 0.1) is 18.3 Å². The Labute approximate surface area is 84.6 Å². The van der Waals surface area contributed by atoms with Crippen molar-refractivity contribution >= 4 is 0 Å². The Kier molecular flexibility index (Phi) is 2.51. The van der Waals surface area contributed by atoms with Gasteiger partial charge in [0.15, 0.2) is 0 Å². The quantitative estimate of drug-likeness (QED) is 0.784. The molecule has 1 fully saturated rings. The molecule has 2 heteroatoms. The van der Waals surface area contributed by atoms with Crippen molar-refractivity contribution < 1.29 is 0 Å². The molecule has 0 spiro atoms. The lowest BCUT2D eigenvalue weighted by molar-refractivity contribution is 0.687. The lowest BCUT2D eigenvalue weighted by Crippen LogP contribution is -2.15. The van der Waals surface area contributed by atoms with Crippen LogP contribution in [0.4, 0.5) is 0 Å². The summed E-state index contributed by atoms with van der Waals surface area (Å²) in [7, 11) is 0. The van der Waals surface area contributed by atoms with Gasteiger partial charge < -0.3 is 5.32 Å². The molecule has 0 unspecified atom stereocenters. The van der Waals surface area contributed by atoms with E-state index in [-0.39, 0.29) is 0 Å². The predicted molar refractivity (Wildman–Crippen MR) is 55.8 cm³/mol. The number of hydrogen-bond donors (Lipinski definition) is 1. The first kappa shape index (κ1) is 9.23. The summed E-state index contributed by atoms with van der Waals surface area (Å²) in [5.74, 6) is 0. The largest absolute Gasteiger partial charge is 0.310 e. The van der Waals surface area contributed by atoms with Gasteiger partial charge in [-0.25, -0.2) is 0 Å². The minimum atomic E-state index is 0.724. The fraction of sp³-hybridized carbons (Fsp3) is 0.417. The van der Waals surface area contributed by atoms with Crippen LogP contribution in [0.1, 0.15) is 29.5 Å². The van der Waals surface area contributed by atoms with Crippen LogP contribution in [0.25, 0.3) is 0 Å². The van der Waals surface area contributed by atoms with Crippen LogP contribution >= 0.6 is 0 Å². The van der Waals surface area contributed by atoms with Crippen molar-refractivity contribution in [2.24, 2.45) is 0 Å². The number of nitrogens with one attached hydrogen (secondary N) is 1. The third-order valence-electron chi connectivity index (χ3n) is 2.59. The highest BCUT2D eigenvalue weighted by atomic mass is 14.9. The van der Waals surface area contributed by atoms with E-state index in [0.717, 1.165) is 23.7 Å². The molecule has 2 rings (SSSR count). The van der Waals surface area contributed by atoms with Crippen LogP contribution in [-0.4, -0.2) is 6.04 Å². The van der Waals surface area contributed by atoms with Crippen LogP contribution in [0.3, 0.4) is 0 Å². The maximum absolute atomic E-state index is 8.86. The Morgan fingerprint density at radius 2 is 2.29 bits per heavy atom. The highest BCUT2D eigenvalue weighted by Crippen LogP contribution is 2.19. The van der Waals surface area contributed by atoms with Gasteiger partial charge in [-0.15, -0.1) is 0 Å². The first-order valence-corrected chi connectivity index (χ1v) is 5.02. The molecule has 0 bridgehead atoms. The Morgan fingerprint density at radius 3 is 2.93 bits per heavy atom. The molecule has 0 amide bonds. The Morgan fingerprint density at radius 1 is 1.50 bits per heavy atom. The van der Waals surface area contributed by atoms with Crippen molar-refractivity contribution in [2.75, 3.05) is 0 Å². The minimum absolute atomic E-state index is 0.724. The fourth-order valence-corrected chi connectivity index (χ4v) is 1.45. The van der Waals surface area contributed by atoms with E-state index in [0.29, 0.717) is 0 Å². The van der Waals surface area contributed by atoms with E-state index in [1.807, 2.05) is 19.1 Å². The van der Waals surface area contributed by atoms with Gasteiger partial charge in [0, 0.05) is 12.6 Å². The van der Waals surface area contributed by atoms with E-state index < -0.39 is 0 Å². The summed E-state index contributed by atoms with van der Waals surface area (Å²) in [5.41, 5.74) is 3.06. The zero-order chi connectivity index (χ0) is 9.97. The number of hydrogen-bond acceptors (Lipinski definition) is 2. The third-order valence-corrected chi connectivity index (χ3v) is 2.59. The second-order valence-electron chi connectivity index (χ2n) is 3.92. The predicted octanol–water partition coefficient (Wildman–Crippen LogP) is 2.12. The van der Waals surface area contributed by atoms with Gasteiger partial charge in [0.25, 0.3) is 0 Å². The Bertz CT molecular complexity index is 372. The highest BCUT2D eigenvalue weighted by Gasteiger charge is 2.19. The van der Waals surface area contributed by atoms with Gasteiger partial charge in [0.05, 0.1) is 11.6 Å². The summed E-state index contributed by atoms with van der Waals surface area (Å²) in [4.78, 5) is 0. The van der Waals surface area contributed by atoms with E-state index in [9.17, 15) is 0 Å². The van der Waals surface area contributed by atoms with Gasteiger partial charge in [-0.3, -0.25) is 0 Å². The molecule has 72 valence electrons. The monoisotopic (exact) mass is 186 g/mol. The number of benzene rings is 1. The Hall–Kier alpha value is -1.33. The standard InChI is InChI=1S/C12H14N2/c1-9-2-3-10(6-11(9)7-13)8-14-12-4-5-12/h2-3,6,12,14H,4-5,8H2,1H3. The molecule has 14 heavy (non-hydrogen) atoms. The molecule has 0 heterocycles. The first-order valence-electron chi connectivity index (χ1n) is 5.02. The molecule has 0 aliphatic heterocycles. The van der Waals surface area contributed by atoms with Crippen molar-refractivity contribution in [3.8, 4) is 6.07 Å². The van der Waals surface area contributed by atoms with E-state index in [4.69, 9.17) is 5.26 Å². The topological polar surface area (TPSA) is 35.8 Å². The molecular weight excluding hydrogens is 172 g/mol. The molecule has 2 nitrogen and oxygen atoms in total. The lowest BCUT2D eigenvalue weighted by atomic mass is 10.1. The van der Waals surface area contributed by atoms with E-state index in [1.54, 1.807) is 0 Å². The van der Waals surface area contributed by atoms with Crippen LogP contribution in [-0.2, 0) is 6.54 Å². The van der Waals surface area contributed by atoms with E-state index >= 15 is 0 Å². The van der Waals surface area contributed by atoms with Crippen molar-refractivity contribution in [3.05, 3.63) is 34.9 Å². The summed E-state index contributed by atoms with van der Waals surface area (Å²) in [5, 5.41) is 12.3. The number of aryl methyl sites for hydroxylation is 1. The average molecular weight is 186 g/mol. The summed E-state index contributed by atoms with van der Waals surface area (Å²) < 4.78 is 0. The van der Waals surface area contributed by atoms with E-state index in [1.165, 1.54) is 18.4 Å². The average Bonchev–Trinajstić information content (AvgIpc) is 3.00. The highest BCUT2D eigenvalue weighted by molar-refractivity contribution is 5.39. The van der Waals surface area contributed by atoms with Gasteiger partial charge in [0.2, 0.25) is 0 Å². The molecule has 0 saturated heterocycles.